The van der Waals surface area contributed by atoms with Crippen LogP contribution in [0.3, 0.4) is 0 Å². The van der Waals surface area contributed by atoms with Crippen LogP contribution in [0.25, 0.3) is 0 Å². The minimum atomic E-state index is -1.23. The van der Waals surface area contributed by atoms with Crippen molar-refractivity contribution in [3.8, 4) is 0 Å². The molecule has 1 aromatic carbocycles. The van der Waals surface area contributed by atoms with Crippen LogP contribution < -0.4 is 10.6 Å². The number of amides is 1. The molecule has 0 aliphatic rings. The SMILES string of the molecule is O=C(O)CC[C@H](NC(=O)CCNCc1ccccc1)C(=O)O. The standard InChI is InChI=1S/C15H20N2O5/c18-13(17-12(15(21)22)6-7-14(19)20)8-9-16-10-11-4-2-1-3-5-11/h1-5,12,16H,6-10H2,(H,17,18)(H,19,20)(H,21,22)/t12-/m0/s1. The molecule has 0 radical (unpaired) electrons. The first-order valence-corrected chi connectivity index (χ1v) is 6.97. The summed E-state index contributed by atoms with van der Waals surface area (Å²) in [5.74, 6) is -2.74. The maximum atomic E-state index is 11.7. The lowest BCUT2D eigenvalue weighted by Crippen LogP contribution is -2.41. The van der Waals surface area contributed by atoms with E-state index in [-0.39, 0.29) is 19.3 Å². The Morgan fingerprint density at radius 2 is 1.73 bits per heavy atom. The number of carboxylic acids is 2. The molecule has 1 amide bonds. The van der Waals surface area contributed by atoms with Crippen molar-refractivity contribution in [2.75, 3.05) is 6.54 Å². The summed E-state index contributed by atoms with van der Waals surface area (Å²) in [6, 6.07) is 8.50. The summed E-state index contributed by atoms with van der Waals surface area (Å²) in [7, 11) is 0. The third-order valence-electron chi connectivity index (χ3n) is 2.98. The van der Waals surface area contributed by atoms with Gasteiger partial charge < -0.3 is 20.8 Å². The van der Waals surface area contributed by atoms with Crippen LogP contribution in [0.15, 0.2) is 30.3 Å². The number of nitrogens with one attached hydrogen (secondary N) is 2. The van der Waals surface area contributed by atoms with Crippen LogP contribution in [0.5, 0.6) is 0 Å². The lowest BCUT2D eigenvalue weighted by Gasteiger charge is -2.13. The van der Waals surface area contributed by atoms with Crippen LogP contribution in [-0.4, -0.2) is 40.6 Å². The molecule has 1 rings (SSSR count). The van der Waals surface area contributed by atoms with Crippen molar-refractivity contribution in [3.05, 3.63) is 35.9 Å². The quantitative estimate of drug-likeness (QED) is 0.470. The van der Waals surface area contributed by atoms with E-state index >= 15 is 0 Å². The summed E-state index contributed by atoms with van der Waals surface area (Å²) in [5.41, 5.74) is 1.09. The normalized spacial score (nSPS) is 11.6. The molecule has 0 aliphatic carbocycles. The van der Waals surface area contributed by atoms with Crippen molar-refractivity contribution in [3.63, 3.8) is 0 Å². The summed E-state index contributed by atoms with van der Waals surface area (Å²) in [6.07, 6.45) is -0.305. The second-order valence-corrected chi connectivity index (χ2v) is 4.80. The predicted octanol–water partition coefficient (Wildman–Crippen LogP) is 0.600. The van der Waals surface area contributed by atoms with E-state index in [1.807, 2.05) is 30.3 Å². The second kappa shape index (κ2) is 9.51. The van der Waals surface area contributed by atoms with Crippen LogP contribution in [0.2, 0.25) is 0 Å². The van der Waals surface area contributed by atoms with Gasteiger partial charge in [-0.2, -0.15) is 0 Å². The molecule has 1 atom stereocenters. The summed E-state index contributed by atoms with van der Waals surface area (Å²) < 4.78 is 0. The van der Waals surface area contributed by atoms with E-state index in [0.717, 1.165) is 5.56 Å². The Morgan fingerprint density at radius 1 is 1.05 bits per heavy atom. The molecular formula is C15H20N2O5. The highest BCUT2D eigenvalue weighted by atomic mass is 16.4. The lowest BCUT2D eigenvalue weighted by atomic mass is 10.1. The summed E-state index contributed by atoms with van der Waals surface area (Å²) in [5, 5.41) is 22.9. The molecule has 7 nitrogen and oxygen atoms in total. The fourth-order valence-corrected chi connectivity index (χ4v) is 1.82. The molecule has 0 unspecified atom stereocenters. The van der Waals surface area contributed by atoms with Gasteiger partial charge in [0.2, 0.25) is 5.91 Å². The molecule has 0 spiro atoms. The van der Waals surface area contributed by atoms with Gasteiger partial charge in [0.1, 0.15) is 6.04 Å². The summed E-state index contributed by atoms with van der Waals surface area (Å²) >= 11 is 0. The molecule has 4 N–H and O–H groups in total. The topological polar surface area (TPSA) is 116 Å². The van der Waals surface area contributed by atoms with Crippen molar-refractivity contribution in [1.82, 2.24) is 10.6 Å². The highest BCUT2D eigenvalue weighted by molar-refractivity contribution is 5.84. The first-order valence-electron chi connectivity index (χ1n) is 6.97. The number of aliphatic carboxylic acids is 2. The van der Waals surface area contributed by atoms with Gasteiger partial charge in [-0.1, -0.05) is 30.3 Å². The Balaban J connectivity index is 2.25. The third kappa shape index (κ3) is 7.39. The average molecular weight is 308 g/mol. The highest BCUT2D eigenvalue weighted by Crippen LogP contribution is 1.99. The number of hydrogen-bond acceptors (Lipinski definition) is 4. The molecule has 22 heavy (non-hydrogen) atoms. The molecule has 1 aromatic rings. The minimum Gasteiger partial charge on any atom is -0.481 e. The Kier molecular flexibility index (Phi) is 7.63. The minimum absolute atomic E-state index is 0.129. The van der Waals surface area contributed by atoms with Crippen molar-refractivity contribution in [2.45, 2.75) is 31.8 Å². The Morgan fingerprint density at radius 3 is 2.32 bits per heavy atom. The van der Waals surface area contributed by atoms with Crippen molar-refractivity contribution in [2.24, 2.45) is 0 Å². The molecular weight excluding hydrogens is 288 g/mol. The number of carbonyl (C=O) groups excluding carboxylic acids is 1. The highest BCUT2D eigenvalue weighted by Gasteiger charge is 2.20. The van der Waals surface area contributed by atoms with Crippen molar-refractivity contribution in [1.29, 1.82) is 0 Å². The number of rotatable bonds is 10. The van der Waals surface area contributed by atoms with E-state index < -0.39 is 23.9 Å². The van der Waals surface area contributed by atoms with Gasteiger partial charge in [0.05, 0.1) is 0 Å². The van der Waals surface area contributed by atoms with Gasteiger partial charge in [-0.25, -0.2) is 4.79 Å². The number of hydrogen-bond donors (Lipinski definition) is 4. The first kappa shape index (κ1) is 17.6. The van der Waals surface area contributed by atoms with Crippen LogP contribution in [0.4, 0.5) is 0 Å². The zero-order chi connectivity index (χ0) is 16.4. The Hall–Kier alpha value is -2.41. The first-order chi connectivity index (χ1) is 10.5. The average Bonchev–Trinajstić information content (AvgIpc) is 2.48. The van der Waals surface area contributed by atoms with E-state index in [9.17, 15) is 14.4 Å². The molecule has 0 aromatic heterocycles. The van der Waals surface area contributed by atoms with E-state index in [2.05, 4.69) is 10.6 Å². The fraction of sp³-hybridized carbons (Fsp3) is 0.400. The van der Waals surface area contributed by atoms with Gasteiger partial charge in [0.25, 0.3) is 0 Å². The lowest BCUT2D eigenvalue weighted by molar-refractivity contribution is -0.143. The van der Waals surface area contributed by atoms with Gasteiger partial charge in [0, 0.05) is 25.9 Å². The van der Waals surface area contributed by atoms with Crippen LogP contribution >= 0.6 is 0 Å². The summed E-state index contributed by atoms with van der Waals surface area (Å²) in [6.45, 7) is 1.03. The molecule has 0 aliphatic heterocycles. The second-order valence-electron chi connectivity index (χ2n) is 4.80. The third-order valence-corrected chi connectivity index (χ3v) is 2.98. The number of carbonyl (C=O) groups is 3. The van der Waals surface area contributed by atoms with Gasteiger partial charge in [-0.3, -0.25) is 9.59 Å². The van der Waals surface area contributed by atoms with Crippen LogP contribution in [-0.2, 0) is 20.9 Å². The molecule has 7 heteroatoms. The fourth-order valence-electron chi connectivity index (χ4n) is 1.82. The molecule has 0 fully saturated rings. The maximum absolute atomic E-state index is 11.7. The molecule has 0 heterocycles. The number of carboxylic acid groups (broad SMARTS) is 2. The monoisotopic (exact) mass is 308 g/mol. The van der Waals surface area contributed by atoms with Gasteiger partial charge in [0.15, 0.2) is 0 Å². The zero-order valence-corrected chi connectivity index (χ0v) is 12.1. The van der Waals surface area contributed by atoms with E-state index in [4.69, 9.17) is 10.2 Å². The van der Waals surface area contributed by atoms with E-state index in [0.29, 0.717) is 13.1 Å². The van der Waals surface area contributed by atoms with E-state index in [1.54, 1.807) is 0 Å². The van der Waals surface area contributed by atoms with E-state index in [1.165, 1.54) is 0 Å². The molecule has 0 saturated heterocycles. The van der Waals surface area contributed by atoms with Gasteiger partial charge in [-0.15, -0.1) is 0 Å². The summed E-state index contributed by atoms with van der Waals surface area (Å²) in [4.78, 5) is 33.0. The maximum Gasteiger partial charge on any atom is 0.326 e. The molecule has 0 saturated carbocycles. The Bertz CT molecular complexity index is 504. The van der Waals surface area contributed by atoms with Gasteiger partial charge in [-0.05, 0) is 12.0 Å². The molecule has 120 valence electrons. The smallest absolute Gasteiger partial charge is 0.326 e. The Labute approximate surface area is 128 Å². The van der Waals surface area contributed by atoms with Crippen LogP contribution in [0, 0.1) is 0 Å². The largest absolute Gasteiger partial charge is 0.481 e. The van der Waals surface area contributed by atoms with Gasteiger partial charge >= 0.3 is 11.9 Å². The van der Waals surface area contributed by atoms with Crippen molar-refractivity contribution < 1.29 is 24.6 Å². The number of benzene rings is 1. The molecule has 0 bridgehead atoms. The van der Waals surface area contributed by atoms with Crippen molar-refractivity contribution >= 4 is 17.8 Å². The predicted molar refractivity (Wildman–Crippen MR) is 79.2 cm³/mol. The van der Waals surface area contributed by atoms with Crippen LogP contribution in [0.1, 0.15) is 24.8 Å². The zero-order valence-electron chi connectivity index (χ0n) is 12.1.